The van der Waals surface area contributed by atoms with Crippen molar-refractivity contribution in [3.63, 3.8) is 0 Å². The Morgan fingerprint density at radius 1 is 1.44 bits per heavy atom. The van der Waals surface area contributed by atoms with E-state index in [1.807, 2.05) is 0 Å². The molecule has 2 aromatic heterocycles. The molecule has 2 heterocycles. The van der Waals surface area contributed by atoms with Gasteiger partial charge >= 0.3 is 0 Å². The number of halogens is 1. The molecule has 82 valence electrons. The van der Waals surface area contributed by atoms with Crippen LogP contribution < -0.4 is 5.32 Å². The molecule has 2 aromatic rings. The van der Waals surface area contributed by atoms with E-state index in [1.54, 1.807) is 6.92 Å². The summed E-state index contributed by atoms with van der Waals surface area (Å²) in [6, 6.07) is 2.96. The Morgan fingerprint density at radius 3 is 2.88 bits per heavy atom. The van der Waals surface area contributed by atoms with Gasteiger partial charge in [0.1, 0.15) is 23.1 Å². The molecule has 0 atom stereocenters. The maximum absolute atomic E-state index is 11.6. The van der Waals surface area contributed by atoms with Gasteiger partial charge in [0.25, 0.3) is 5.91 Å². The van der Waals surface area contributed by atoms with Crippen molar-refractivity contribution in [1.29, 1.82) is 0 Å². The number of hydrogen-bond donors (Lipinski definition) is 1. The molecule has 0 fully saturated rings. The van der Waals surface area contributed by atoms with E-state index in [0.717, 1.165) is 0 Å². The van der Waals surface area contributed by atoms with Gasteiger partial charge in [-0.3, -0.25) is 4.79 Å². The van der Waals surface area contributed by atoms with Crippen LogP contribution in [0.3, 0.4) is 0 Å². The molecule has 1 amide bonds. The van der Waals surface area contributed by atoms with Crippen LogP contribution in [0.25, 0.3) is 0 Å². The highest BCUT2D eigenvalue weighted by atomic mass is 35.5. The van der Waals surface area contributed by atoms with Crippen molar-refractivity contribution >= 4 is 23.3 Å². The summed E-state index contributed by atoms with van der Waals surface area (Å²) in [4.78, 5) is 19.1. The monoisotopic (exact) mass is 238 g/mol. The second kappa shape index (κ2) is 4.28. The Hall–Kier alpha value is -1.95. The summed E-state index contributed by atoms with van der Waals surface area (Å²) < 4.78 is 4.78. The van der Waals surface area contributed by atoms with Gasteiger partial charge in [0.15, 0.2) is 5.69 Å². The lowest BCUT2D eigenvalue weighted by Crippen LogP contribution is -2.13. The molecule has 0 bridgehead atoms. The maximum Gasteiger partial charge on any atom is 0.279 e. The molecule has 0 spiro atoms. The average molecular weight is 239 g/mol. The quantitative estimate of drug-likeness (QED) is 0.805. The predicted molar refractivity (Wildman–Crippen MR) is 56.2 cm³/mol. The molecular formula is C9H7ClN4O2. The molecule has 0 saturated heterocycles. The number of anilines is 1. The number of nitrogens with one attached hydrogen (secondary N) is 1. The summed E-state index contributed by atoms with van der Waals surface area (Å²) in [6.07, 6.45) is 1.26. The molecular weight excluding hydrogens is 232 g/mol. The maximum atomic E-state index is 11.6. The molecule has 7 heteroatoms. The third-order valence-electron chi connectivity index (χ3n) is 1.74. The Balaban J connectivity index is 2.13. The van der Waals surface area contributed by atoms with Crippen LogP contribution >= 0.6 is 11.6 Å². The Kier molecular flexibility index (Phi) is 2.82. The van der Waals surface area contributed by atoms with E-state index in [0.29, 0.717) is 11.6 Å². The number of rotatable bonds is 2. The van der Waals surface area contributed by atoms with Gasteiger partial charge < -0.3 is 9.84 Å². The van der Waals surface area contributed by atoms with Gasteiger partial charge in [0.05, 0.1) is 0 Å². The number of nitrogens with zero attached hydrogens (tertiary/aromatic N) is 3. The van der Waals surface area contributed by atoms with Gasteiger partial charge in [-0.25, -0.2) is 9.97 Å². The zero-order chi connectivity index (χ0) is 11.5. The van der Waals surface area contributed by atoms with E-state index in [9.17, 15) is 4.79 Å². The van der Waals surface area contributed by atoms with Crippen LogP contribution in [-0.2, 0) is 0 Å². The minimum Gasteiger partial charge on any atom is -0.361 e. The fourth-order valence-corrected chi connectivity index (χ4v) is 1.20. The molecule has 16 heavy (non-hydrogen) atoms. The summed E-state index contributed by atoms with van der Waals surface area (Å²) in [5, 5.41) is 6.34. The SMILES string of the molecule is Cc1cc(C(=O)Nc2cc(Cl)ncn2)no1. The highest BCUT2D eigenvalue weighted by Gasteiger charge is 2.11. The minimum atomic E-state index is -0.411. The minimum absolute atomic E-state index is 0.187. The van der Waals surface area contributed by atoms with Crippen molar-refractivity contribution in [2.75, 3.05) is 5.32 Å². The van der Waals surface area contributed by atoms with Gasteiger partial charge in [-0.15, -0.1) is 0 Å². The topological polar surface area (TPSA) is 80.9 Å². The van der Waals surface area contributed by atoms with Crippen molar-refractivity contribution in [2.24, 2.45) is 0 Å². The Labute approximate surface area is 95.6 Å². The van der Waals surface area contributed by atoms with E-state index in [-0.39, 0.29) is 10.8 Å². The van der Waals surface area contributed by atoms with Crippen molar-refractivity contribution < 1.29 is 9.32 Å². The third-order valence-corrected chi connectivity index (χ3v) is 1.94. The van der Waals surface area contributed by atoms with Crippen LogP contribution in [0.15, 0.2) is 23.0 Å². The lowest BCUT2D eigenvalue weighted by molar-refractivity contribution is 0.101. The Morgan fingerprint density at radius 2 is 2.25 bits per heavy atom. The van der Waals surface area contributed by atoms with Crippen LogP contribution in [0.1, 0.15) is 16.2 Å². The van der Waals surface area contributed by atoms with Crippen LogP contribution in [0.2, 0.25) is 5.15 Å². The van der Waals surface area contributed by atoms with Crippen LogP contribution in [0, 0.1) is 6.92 Å². The lowest BCUT2D eigenvalue weighted by atomic mass is 10.3. The standard InChI is InChI=1S/C9H7ClN4O2/c1-5-2-6(14-16-5)9(15)13-8-3-7(10)11-4-12-8/h2-4H,1H3,(H,11,12,13,15). The first-order valence-electron chi connectivity index (χ1n) is 4.37. The molecule has 0 aliphatic heterocycles. The second-order valence-corrected chi connectivity index (χ2v) is 3.39. The summed E-state index contributed by atoms with van der Waals surface area (Å²) in [5.41, 5.74) is 0.187. The molecule has 0 saturated carbocycles. The predicted octanol–water partition coefficient (Wildman–Crippen LogP) is 1.68. The molecule has 0 aliphatic rings. The van der Waals surface area contributed by atoms with E-state index >= 15 is 0 Å². The molecule has 0 aliphatic carbocycles. The normalized spacial score (nSPS) is 10.1. The van der Waals surface area contributed by atoms with Crippen molar-refractivity contribution in [1.82, 2.24) is 15.1 Å². The molecule has 1 N–H and O–H groups in total. The molecule has 6 nitrogen and oxygen atoms in total. The lowest BCUT2D eigenvalue weighted by Gasteiger charge is -2.00. The van der Waals surface area contributed by atoms with Gasteiger partial charge in [-0.1, -0.05) is 16.8 Å². The van der Waals surface area contributed by atoms with Crippen molar-refractivity contribution in [2.45, 2.75) is 6.92 Å². The number of aryl methyl sites for hydroxylation is 1. The van der Waals surface area contributed by atoms with E-state index in [4.69, 9.17) is 16.1 Å². The zero-order valence-electron chi connectivity index (χ0n) is 8.27. The van der Waals surface area contributed by atoms with Gasteiger partial charge in [-0.05, 0) is 6.92 Å². The van der Waals surface area contributed by atoms with Crippen molar-refractivity contribution in [3.05, 3.63) is 35.1 Å². The van der Waals surface area contributed by atoms with E-state index < -0.39 is 5.91 Å². The number of hydrogen-bond acceptors (Lipinski definition) is 5. The van der Waals surface area contributed by atoms with Gasteiger partial charge in [0.2, 0.25) is 0 Å². The number of carbonyl (C=O) groups excluding carboxylic acids is 1. The van der Waals surface area contributed by atoms with Crippen LogP contribution in [0.5, 0.6) is 0 Å². The summed E-state index contributed by atoms with van der Waals surface area (Å²) in [6.45, 7) is 1.70. The van der Waals surface area contributed by atoms with Crippen LogP contribution in [0.4, 0.5) is 5.82 Å². The second-order valence-electron chi connectivity index (χ2n) is 3.00. The molecule has 0 aromatic carbocycles. The van der Waals surface area contributed by atoms with Gasteiger partial charge in [0, 0.05) is 12.1 Å². The third kappa shape index (κ3) is 2.34. The van der Waals surface area contributed by atoms with Gasteiger partial charge in [-0.2, -0.15) is 0 Å². The average Bonchev–Trinajstić information content (AvgIpc) is 2.65. The largest absolute Gasteiger partial charge is 0.361 e. The number of carbonyl (C=O) groups is 1. The fourth-order valence-electron chi connectivity index (χ4n) is 1.06. The zero-order valence-corrected chi connectivity index (χ0v) is 9.02. The first kappa shape index (κ1) is 10.6. The smallest absolute Gasteiger partial charge is 0.279 e. The first-order valence-corrected chi connectivity index (χ1v) is 4.75. The fraction of sp³-hybridized carbons (Fsp3) is 0.111. The molecule has 2 rings (SSSR count). The number of aromatic nitrogens is 3. The summed E-state index contributed by atoms with van der Waals surface area (Å²) in [5.74, 6) is 0.461. The van der Waals surface area contributed by atoms with E-state index in [1.165, 1.54) is 18.5 Å². The van der Waals surface area contributed by atoms with E-state index in [2.05, 4.69) is 20.4 Å². The molecule has 0 unspecified atom stereocenters. The van der Waals surface area contributed by atoms with Crippen molar-refractivity contribution in [3.8, 4) is 0 Å². The highest BCUT2D eigenvalue weighted by molar-refractivity contribution is 6.29. The summed E-state index contributed by atoms with van der Waals surface area (Å²) >= 11 is 5.64. The highest BCUT2D eigenvalue weighted by Crippen LogP contribution is 2.10. The molecule has 0 radical (unpaired) electrons. The first-order chi connectivity index (χ1) is 7.65. The number of amides is 1. The summed E-state index contributed by atoms with van der Waals surface area (Å²) in [7, 11) is 0. The van der Waals surface area contributed by atoms with Crippen LogP contribution in [-0.4, -0.2) is 21.0 Å². The Bertz CT molecular complexity index is 526.